The second-order valence-corrected chi connectivity index (χ2v) is 9.86. The number of ether oxygens (including phenoxy) is 2. The van der Waals surface area contributed by atoms with Gasteiger partial charge in [0.1, 0.15) is 6.10 Å². The molecule has 2 fully saturated rings. The maximum absolute atomic E-state index is 13.0. The monoisotopic (exact) mass is 510 g/mol. The molecule has 1 aliphatic carbocycles. The predicted molar refractivity (Wildman–Crippen MR) is 136 cm³/mol. The zero-order valence-corrected chi connectivity index (χ0v) is 21.0. The van der Waals surface area contributed by atoms with Gasteiger partial charge in [0.05, 0.1) is 23.1 Å². The van der Waals surface area contributed by atoms with Crippen LogP contribution < -0.4 is 0 Å². The van der Waals surface area contributed by atoms with Crippen molar-refractivity contribution in [2.75, 3.05) is 0 Å². The van der Waals surface area contributed by atoms with Crippen LogP contribution in [0.25, 0.3) is 11.1 Å². The van der Waals surface area contributed by atoms with E-state index in [0.29, 0.717) is 12.0 Å². The SMILES string of the molecule is CCCCCCC(=O)C(Cl)=C[C@H]1[C@H]2CC(=O)OC([C@H]2O)[C@H]1OC(=O)c1ccc(-c2ccccc2)cc1. The van der Waals surface area contributed by atoms with Crippen LogP contribution in [0.15, 0.2) is 65.7 Å². The molecular weight excluding hydrogens is 480 g/mol. The van der Waals surface area contributed by atoms with E-state index < -0.39 is 42.1 Å². The molecule has 1 heterocycles. The topological polar surface area (TPSA) is 89.9 Å². The number of esters is 2. The first-order valence-electron chi connectivity index (χ1n) is 12.5. The summed E-state index contributed by atoms with van der Waals surface area (Å²) >= 11 is 6.36. The number of halogens is 1. The lowest BCUT2D eigenvalue weighted by Crippen LogP contribution is -2.41. The van der Waals surface area contributed by atoms with Gasteiger partial charge in [-0.15, -0.1) is 0 Å². The van der Waals surface area contributed by atoms with Crippen molar-refractivity contribution in [3.8, 4) is 11.1 Å². The van der Waals surface area contributed by atoms with E-state index in [9.17, 15) is 19.5 Å². The van der Waals surface area contributed by atoms with Gasteiger partial charge in [0.2, 0.25) is 0 Å². The number of fused-ring (bicyclic) bond motifs is 2. The molecule has 0 radical (unpaired) electrons. The van der Waals surface area contributed by atoms with Crippen LogP contribution in [0, 0.1) is 11.8 Å². The Bertz CT molecular complexity index is 1110. The summed E-state index contributed by atoms with van der Waals surface area (Å²) in [5.74, 6) is -2.43. The maximum Gasteiger partial charge on any atom is 0.338 e. The number of aliphatic hydroxyl groups excluding tert-OH is 1. The van der Waals surface area contributed by atoms with Crippen LogP contribution in [-0.2, 0) is 19.1 Å². The average molecular weight is 511 g/mol. The normalized spacial score (nSPS) is 25.4. The molecule has 2 aromatic carbocycles. The van der Waals surface area contributed by atoms with Crippen molar-refractivity contribution in [1.82, 2.24) is 0 Å². The Morgan fingerprint density at radius 2 is 1.75 bits per heavy atom. The highest BCUT2D eigenvalue weighted by molar-refractivity contribution is 6.42. The summed E-state index contributed by atoms with van der Waals surface area (Å²) in [5, 5.41) is 10.8. The van der Waals surface area contributed by atoms with Gasteiger partial charge >= 0.3 is 11.9 Å². The minimum absolute atomic E-state index is 0.0342. The van der Waals surface area contributed by atoms with Gasteiger partial charge in [0.15, 0.2) is 11.9 Å². The smallest absolute Gasteiger partial charge is 0.338 e. The van der Waals surface area contributed by atoms with E-state index in [1.165, 1.54) is 6.08 Å². The second kappa shape index (κ2) is 11.8. The largest absolute Gasteiger partial charge is 0.456 e. The number of ketones is 1. The first kappa shape index (κ1) is 26.1. The molecular formula is C29H31ClO6. The van der Waals surface area contributed by atoms with Gasteiger partial charge in [-0.05, 0) is 29.7 Å². The van der Waals surface area contributed by atoms with Gasteiger partial charge in [-0.25, -0.2) is 4.79 Å². The summed E-state index contributed by atoms with van der Waals surface area (Å²) in [5.41, 5.74) is 2.31. The fourth-order valence-corrected chi connectivity index (χ4v) is 5.23. The van der Waals surface area contributed by atoms with Crippen LogP contribution >= 0.6 is 11.6 Å². The lowest BCUT2D eigenvalue weighted by molar-refractivity contribution is -0.168. The van der Waals surface area contributed by atoms with Crippen molar-refractivity contribution >= 4 is 29.3 Å². The number of unbranched alkanes of at least 4 members (excludes halogenated alkanes) is 3. The molecule has 1 aliphatic heterocycles. The lowest BCUT2D eigenvalue weighted by Gasteiger charge is -2.26. The molecule has 1 unspecified atom stereocenters. The molecule has 1 saturated carbocycles. The highest BCUT2D eigenvalue weighted by atomic mass is 35.5. The third kappa shape index (κ3) is 5.88. The van der Waals surface area contributed by atoms with Crippen LogP contribution in [0.2, 0.25) is 0 Å². The number of hydrogen-bond donors (Lipinski definition) is 1. The Morgan fingerprint density at radius 1 is 1.06 bits per heavy atom. The zero-order chi connectivity index (χ0) is 25.7. The minimum Gasteiger partial charge on any atom is -0.456 e. The maximum atomic E-state index is 13.0. The summed E-state index contributed by atoms with van der Waals surface area (Å²) in [6, 6.07) is 16.8. The van der Waals surface area contributed by atoms with Crippen molar-refractivity contribution in [1.29, 1.82) is 0 Å². The Labute approximate surface area is 216 Å². The molecule has 1 N–H and O–H groups in total. The minimum atomic E-state index is -1.01. The van der Waals surface area contributed by atoms with E-state index in [1.807, 2.05) is 42.5 Å². The van der Waals surface area contributed by atoms with Crippen LogP contribution in [0.4, 0.5) is 0 Å². The fourth-order valence-electron chi connectivity index (χ4n) is 4.99. The van der Waals surface area contributed by atoms with E-state index in [1.54, 1.807) is 12.1 Å². The predicted octanol–water partition coefficient (Wildman–Crippen LogP) is 5.46. The van der Waals surface area contributed by atoms with Crippen LogP contribution in [0.5, 0.6) is 0 Å². The van der Waals surface area contributed by atoms with E-state index in [-0.39, 0.29) is 17.2 Å². The van der Waals surface area contributed by atoms with Gasteiger partial charge in [-0.2, -0.15) is 0 Å². The number of hydrogen-bond acceptors (Lipinski definition) is 6. The van der Waals surface area contributed by atoms with Crippen LogP contribution in [0.3, 0.4) is 0 Å². The van der Waals surface area contributed by atoms with E-state index in [2.05, 4.69) is 6.92 Å². The first-order chi connectivity index (χ1) is 17.4. The molecule has 4 rings (SSSR count). The molecule has 0 spiro atoms. The molecule has 36 heavy (non-hydrogen) atoms. The number of carbonyl (C=O) groups excluding carboxylic acids is 3. The van der Waals surface area contributed by atoms with Gasteiger partial charge < -0.3 is 14.6 Å². The highest BCUT2D eigenvalue weighted by Crippen LogP contribution is 2.44. The van der Waals surface area contributed by atoms with Crippen molar-refractivity contribution in [3.05, 3.63) is 71.3 Å². The lowest BCUT2D eigenvalue weighted by atomic mass is 9.89. The molecule has 2 aliphatic rings. The van der Waals surface area contributed by atoms with Crippen LogP contribution in [-0.4, -0.2) is 41.1 Å². The molecule has 2 bridgehead atoms. The molecule has 0 aromatic heterocycles. The summed E-state index contributed by atoms with van der Waals surface area (Å²) in [6.45, 7) is 2.10. The van der Waals surface area contributed by atoms with Crippen molar-refractivity contribution < 1.29 is 29.0 Å². The first-order valence-corrected chi connectivity index (χ1v) is 12.9. The number of rotatable bonds is 10. The summed E-state index contributed by atoms with van der Waals surface area (Å²) in [7, 11) is 0. The van der Waals surface area contributed by atoms with Crippen LogP contribution in [0.1, 0.15) is 55.8 Å². The quantitative estimate of drug-likeness (QED) is 0.259. The van der Waals surface area contributed by atoms with E-state index in [4.69, 9.17) is 21.1 Å². The van der Waals surface area contributed by atoms with Gasteiger partial charge in [-0.3, -0.25) is 9.59 Å². The van der Waals surface area contributed by atoms with Crippen molar-refractivity contribution in [2.45, 2.75) is 63.8 Å². The van der Waals surface area contributed by atoms with Crippen molar-refractivity contribution in [3.63, 3.8) is 0 Å². The standard InChI is InChI=1S/C29H31ClO6/c1-2-3-4-8-11-24(31)23(30)16-22-21-17-25(32)35-28(26(21)33)27(22)36-29(34)20-14-12-19(13-15-20)18-9-6-5-7-10-18/h5-7,9-10,12-16,21-22,26-28,33H,2-4,8,11,17H2,1H3/t21-,22+,26+,27+,28?/m1/s1. The van der Waals surface area contributed by atoms with E-state index >= 15 is 0 Å². The summed E-state index contributed by atoms with van der Waals surface area (Å²) < 4.78 is 11.1. The van der Waals surface area contributed by atoms with Crippen molar-refractivity contribution in [2.24, 2.45) is 11.8 Å². The average Bonchev–Trinajstić information content (AvgIpc) is 3.02. The molecule has 7 heteroatoms. The number of benzene rings is 2. The molecule has 0 amide bonds. The van der Waals surface area contributed by atoms with Gasteiger partial charge in [-0.1, -0.05) is 86.3 Å². The molecule has 190 valence electrons. The van der Waals surface area contributed by atoms with Gasteiger partial charge in [0.25, 0.3) is 0 Å². The number of carbonyl (C=O) groups is 3. The fraction of sp³-hybridized carbons (Fsp3) is 0.414. The molecule has 1 saturated heterocycles. The number of allylic oxidation sites excluding steroid dienone is 1. The summed E-state index contributed by atoms with van der Waals surface area (Å²) in [4.78, 5) is 37.7. The molecule has 2 aromatic rings. The summed E-state index contributed by atoms with van der Waals surface area (Å²) in [6.07, 6.45) is 2.68. The second-order valence-electron chi connectivity index (χ2n) is 9.45. The Kier molecular flexibility index (Phi) is 8.60. The molecule has 6 nitrogen and oxygen atoms in total. The third-order valence-electron chi connectivity index (χ3n) is 6.98. The highest BCUT2D eigenvalue weighted by Gasteiger charge is 2.57. The third-order valence-corrected chi connectivity index (χ3v) is 7.31. The zero-order valence-electron chi connectivity index (χ0n) is 20.3. The van der Waals surface area contributed by atoms with E-state index in [0.717, 1.165) is 36.8 Å². The van der Waals surface area contributed by atoms with Gasteiger partial charge in [0, 0.05) is 18.3 Å². The Hall–Kier alpha value is -2.96. The number of aliphatic hydroxyl groups is 1. The Morgan fingerprint density at radius 3 is 2.44 bits per heavy atom. The Balaban J connectivity index is 1.50. The molecule has 5 atom stereocenters. The number of Topliss-reactive ketones (excluding diaryl/α,β-unsaturated/α-hetero) is 1.